The molecule has 0 fully saturated rings. The molecule has 0 radical (unpaired) electrons. The molecule has 2 aromatic carbocycles. The quantitative estimate of drug-likeness (QED) is 0.811. The highest BCUT2D eigenvalue weighted by Gasteiger charge is 2.14. The normalized spacial score (nSPS) is 13.3. The van der Waals surface area contributed by atoms with Gasteiger partial charge in [-0.1, -0.05) is 17.7 Å². The van der Waals surface area contributed by atoms with Crippen molar-refractivity contribution in [2.24, 2.45) is 0 Å². The summed E-state index contributed by atoms with van der Waals surface area (Å²) in [5.41, 5.74) is 1.08. The van der Waals surface area contributed by atoms with Crippen molar-refractivity contribution in [2.75, 3.05) is 13.3 Å². The van der Waals surface area contributed by atoms with Gasteiger partial charge in [0.05, 0.1) is 4.90 Å². The summed E-state index contributed by atoms with van der Waals surface area (Å²) in [4.78, 5) is 0.213. The van der Waals surface area contributed by atoms with Crippen molar-refractivity contribution in [3.8, 4) is 11.5 Å². The van der Waals surface area contributed by atoms with Crippen molar-refractivity contribution in [1.82, 2.24) is 4.72 Å². The highest BCUT2D eigenvalue weighted by Crippen LogP contribution is 2.32. The van der Waals surface area contributed by atoms with E-state index in [1.165, 1.54) is 12.1 Å². The largest absolute Gasteiger partial charge is 0.454 e. The van der Waals surface area contributed by atoms with Crippen LogP contribution in [0.1, 0.15) is 12.0 Å². The summed E-state index contributed by atoms with van der Waals surface area (Å²) in [6.07, 6.45) is 1.44. The van der Waals surface area contributed by atoms with E-state index in [9.17, 15) is 8.42 Å². The van der Waals surface area contributed by atoms with E-state index in [1.807, 2.05) is 18.2 Å². The zero-order chi connectivity index (χ0) is 16.3. The van der Waals surface area contributed by atoms with E-state index in [0.29, 0.717) is 18.0 Å². The molecule has 0 aromatic heterocycles. The molecular formula is C16H16ClNO4S. The van der Waals surface area contributed by atoms with Crippen molar-refractivity contribution in [3.63, 3.8) is 0 Å². The molecule has 0 saturated heterocycles. The minimum Gasteiger partial charge on any atom is -0.454 e. The summed E-state index contributed by atoms with van der Waals surface area (Å²) < 4.78 is 37.4. The van der Waals surface area contributed by atoms with Crippen molar-refractivity contribution in [3.05, 3.63) is 53.1 Å². The Balaban J connectivity index is 1.52. The number of fused-ring (bicyclic) bond motifs is 1. The topological polar surface area (TPSA) is 64.6 Å². The maximum absolute atomic E-state index is 12.1. The second-order valence-corrected chi connectivity index (χ2v) is 7.35. The van der Waals surface area contributed by atoms with Crippen LogP contribution < -0.4 is 14.2 Å². The molecule has 0 unspecified atom stereocenters. The molecule has 1 aliphatic rings. The molecule has 2 aromatic rings. The zero-order valence-corrected chi connectivity index (χ0v) is 13.9. The Kier molecular flexibility index (Phi) is 4.75. The van der Waals surface area contributed by atoms with Crippen molar-refractivity contribution < 1.29 is 17.9 Å². The van der Waals surface area contributed by atoms with E-state index in [0.717, 1.165) is 23.5 Å². The minimum absolute atomic E-state index is 0.213. The smallest absolute Gasteiger partial charge is 0.240 e. The van der Waals surface area contributed by atoms with Gasteiger partial charge in [-0.25, -0.2) is 13.1 Å². The van der Waals surface area contributed by atoms with E-state index < -0.39 is 10.0 Å². The first-order valence-electron chi connectivity index (χ1n) is 7.18. The van der Waals surface area contributed by atoms with Gasteiger partial charge in [0.25, 0.3) is 0 Å². The van der Waals surface area contributed by atoms with Crippen molar-refractivity contribution in [1.29, 1.82) is 0 Å². The first-order valence-corrected chi connectivity index (χ1v) is 9.04. The number of rotatable bonds is 6. The number of sulfonamides is 1. The van der Waals surface area contributed by atoms with Crippen molar-refractivity contribution in [2.45, 2.75) is 17.7 Å². The summed E-state index contributed by atoms with van der Waals surface area (Å²) in [6.45, 7) is 0.610. The number of halogens is 1. The number of aryl methyl sites for hydroxylation is 1. The predicted octanol–water partition coefficient (Wildman–Crippen LogP) is 2.98. The molecule has 1 aliphatic heterocycles. The second kappa shape index (κ2) is 6.78. The van der Waals surface area contributed by atoms with Crippen LogP contribution in [0.15, 0.2) is 47.4 Å². The van der Waals surface area contributed by atoms with Crippen LogP contribution in [-0.2, 0) is 16.4 Å². The number of benzene rings is 2. The number of nitrogens with one attached hydrogen (secondary N) is 1. The average molecular weight is 354 g/mol. The molecule has 122 valence electrons. The van der Waals surface area contributed by atoms with Gasteiger partial charge in [0.1, 0.15) is 0 Å². The third-order valence-corrected chi connectivity index (χ3v) is 5.22. The van der Waals surface area contributed by atoms with Crippen LogP contribution in [0.5, 0.6) is 11.5 Å². The van der Waals surface area contributed by atoms with Crippen LogP contribution in [0.3, 0.4) is 0 Å². The van der Waals surface area contributed by atoms with Crippen molar-refractivity contribution >= 4 is 21.6 Å². The first kappa shape index (κ1) is 16.1. The van der Waals surface area contributed by atoms with E-state index in [2.05, 4.69) is 4.72 Å². The maximum atomic E-state index is 12.1. The molecular weight excluding hydrogens is 338 g/mol. The lowest BCUT2D eigenvalue weighted by Gasteiger charge is -2.07. The lowest BCUT2D eigenvalue weighted by atomic mass is 10.1. The van der Waals surface area contributed by atoms with E-state index >= 15 is 0 Å². The highest BCUT2D eigenvalue weighted by molar-refractivity contribution is 7.89. The van der Waals surface area contributed by atoms with Crippen LogP contribution in [0.25, 0.3) is 0 Å². The van der Waals surface area contributed by atoms with Crippen LogP contribution >= 0.6 is 11.6 Å². The summed E-state index contributed by atoms with van der Waals surface area (Å²) >= 11 is 5.76. The van der Waals surface area contributed by atoms with E-state index in [-0.39, 0.29) is 11.7 Å². The Labute approximate surface area is 140 Å². The Morgan fingerprint density at radius 3 is 2.57 bits per heavy atom. The van der Waals surface area contributed by atoms with Gasteiger partial charge in [0, 0.05) is 11.6 Å². The maximum Gasteiger partial charge on any atom is 0.240 e. The van der Waals surface area contributed by atoms with Crippen LogP contribution in [0.4, 0.5) is 0 Å². The highest BCUT2D eigenvalue weighted by atomic mass is 35.5. The van der Waals surface area contributed by atoms with Crippen LogP contribution in [-0.4, -0.2) is 21.8 Å². The molecule has 0 atom stereocenters. The van der Waals surface area contributed by atoms with Gasteiger partial charge in [-0.05, 0) is 54.8 Å². The Morgan fingerprint density at radius 2 is 1.78 bits per heavy atom. The molecule has 0 aliphatic carbocycles. The second-order valence-electron chi connectivity index (χ2n) is 5.14. The van der Waals surface area contributed by atoms with E-state index in [1.54, 1.807) is 12.1 Å². The Morgan fingerprint density at radius 1 is 1.04 bits per heavy atom. The van der Waals surface area contributed by atoms with Gasteiger partial charge < -0.3 is 9.47 Å². The van der Waals surface area contributed by atoms with Gasteiger partial charge in [0.2, 0.25) is 16.8 Å². The first-order chi connectivity index (χ1) is 11.0. The summed E-state index contributed by atoms with van der Waals surface area (Å²) in [5.74, 6) is 1.49. The number of hydrogen-bond donors (Lipinski definition) is 1. The van der Waals surface area contributed by atoms with Gasteiger partial charge in [-0.2, -0.15) is 0 Å². The van der Waals surface area contributed by atoms with Crippen LogP contribution in [0.2, 0.25) is 5.02 Å². The molecule has 5 nitrogen and oxygen atoms in total. The lowest BCUT2D eigenvalue weighted by Crippen LogP contribution is -2.25. The standard InChI is InChI=1S/C16H16ClNO4S/c17-13-4-6-14(7-5-13)23(19,20)18-9-1-2-12-3-8-15-16(10-12)22-11-21-15/h3-8,10,18H,1-2,9,11H2. The third-order valence-electron chi connectivity index (χ3n) is 3.50. The summed E-state index contributed by atoms with van der Waals surface area (Å²) in [7, 11) is -3.49. The fraction of sp³-hybridized carbons (Fsp3) is 0.250. The van der Waals surface area contributed by atoms with E-state index in [4.69, 9.17) is 21.1 Å². The van der Waals surface area contributed by atoms with Gasteiger partial charge in [-0.15, -0.1) is 0 Å². The van der Waals surface area contributed by atoms with Gasteiger partial charge >= 0.3 is 0 Å². The molecule has 0 bridgehead atoms. The molecule has 23 heavy (non-hydrogen) atoms. The fourth-order valence-corrected chi connectivity index (χ4v) is 3.49. The molecule has 1 heterocycles. The summed E-state index contributed by atoms with van der Waals surface area (Å²) in [6, 6.07) is 11.9. The predicted molar refractivity (Wildman–Crippen MR) is 87.5 cm³/mol. The monoisotopic (exact) mass is 353 g/mol. The number of ether oxygens (including phenoxy) is 2. The molecule has 0 amide bonds. The molecule has 1 N–H and O–H groups in total. The Hall–Kier alpha value is -1.76. The fourth-order valence-electron chi connectivity index (χ4n) is 2.29. The summed E-state index contributed by atoms with van der Waals surface area (Å²) in [5, 5.41) is 0.506. The molecule has 0 saturated carbocycles. The lowest BCUT2D eigenvalue weighted by molar-refractivity contribution is 0.174. The SMILES string of the molecule is O=S(=O)(NCCCc1ccc2c(c1)OCO2)c1ccc(Cl)cc1. The van der Waals surface area contributed by atoms with Gasteiger partial charge in [-0.3, -0.25) is 0 Å². The average Bonchev–Trinajstić information content (AvgIpc) is 3.00. The zero-order valence-electron chi connectivity index (χ0n) is 12.3. The molecule has 3 rings (SSSR count). The Bertz CT molecular complexity index is 790. The molecule has 0 spiro atoms. The molecule has 7 heteroatoms. The minimum atomic E-state index is -3.49. The van der Waals surface area contributed by atoms with Gasteiger partial charge in [0.15, 0.2) is 11.5 Å². The third kappa shape index (κ3) is 3.96. The number of hydrogen-bond acceptors (Lipinski definition) is 4. The van der Waals surface area contributed by atoms with Crippen LogP contribution in [0, 0.1) is 0 Å².